The Labute approximate surface area is 108 Å². The average Bonchev–Trinajstić information content (AvgIpc) is 2.33. The van der Waals surface area contributed by atoms with Gasteiger partial charge in [-0.15, -0.1) is 0 Å². The lowest BCUT2D eigenvalue weighted by molar-refractivity contribution is -0.0437. The highest BCUT2D eigenvalue weighted by molar-refractivity contribution is 7.89. The van der Waals surface area contributed by atoms with Crippen molar-refractivity contribution >= 4 is 15.7 Å². The summed E-state index contributed by atoms with van der Waals surface area (Å²) in [4.78, 5) is -0.419. The predicted octanol–water partition coefficient (Wildman–Crippen LogP) is 0.622. The molecule has 0 saturated heterocycles. The number of nitrogens with two attached hydrogens (primary N) is 1. The van der Waals surface area contributed by atoms with E-state index in [4.69, 9.17) is 10.8 Å². The third-order valence-corrected chi connectivity index (χ3v) is 3.70. The number of halogens is 3. The summed E-state index contributed by atoms with van der Waals surface area (Å²) in [5.74, 6) is -4.34. The van der Waals surface area contributed by atoms with Crippen LogP contribution in [0.15, 0.2) is 17.0 Å². The Balaban J connectivity index is 3.02. The predicted molar refractivity (Wildman–Crippen MR) is 62.8 cm³/mol. The maximum atomic E-state index is 13.2. The van der Waals surface area contributed by atoms with Crippen LogP contribution in [-0.4, -0.2) is 32.6 Å². The minimum atomic E-state index is -4.25. The first kappa shape index (κ1) is 15.7. The summed E-state index contributed by atoms with van der Waals surface area (Å²) < 4.78 is 63.8. The van der Waals surface area contributed by atoms with Crippen LogP contribution in [0.5, 0.6) is 0 Å². The van der Waals surface area contributed by atoms with E-state index in [1.165, 1.54) is 6.92 Å². The number of aliphatic hydroxyl groups is 1. The first-order valence-electron chi connectivity index (χ1n) is 5.13. The van der Waals surface area contributed by atoms with Crippen LogP contribution in [0.25, 0.3) is 0 Å². The maximum absolute atomic E-state index is 13.2. The van der Waals surface area contributed by atoms with Crippen molar-refractivity contribution in [2.24, 2.45) is 0 Å². The van der Waals surface area contributed by atoms with E-state index in [1.807, 2.05) is 0 Å². The van der Waals surface area contributed by atoms with Crippen LogP contribution in [0.4, 0.5) is 18.9 Å². The second kappa shape index (κ2) is 5.35. The number of nitrogens with one attached hydrogen (secondary N) is 1. The third kappa shape index (κ3) is 3.82. The molecule has 0 unspecified atom stereocenters. The summed E-state index contributed by atoms with van der Waals surface area (Å²) in [5.41, 5.74) is 4.86. The summed E-state index contributed by atoms with van der Waals surface area (Å²) >= 11 is 0. The van der Waals surface area contributed by atoms with Crippen LogP contribution >= 0.6 is 0 Å². The minimum Gasteiger partial charge on any atom is -0.396 e. The molecule has 0 atom stereocenters. The van der Waals surface area contributed by atoms with Crippen LogP contribution in [-0.2, 0) is 10.0 Å². The molecule has 19 heavy (non-hydrogen) atoms. The number of aliphatic hydroxyl groups excluding tert-OH is 1. The number of alkyl halides is 2. The Kier molecular flexibility index (Phi) is 4.43. The molecule has 0 aromatic heterocycles. The Morgan fingerprint density at radius 1 is 1.42 bits per heavy atom. The molecule has 0 aliphatic heterocycles. The molecule has 0 heterocycles. The smallest absolute Gasteiger partial charge is 0.283 e. The quantitative estimate of drug-likeness (QED) is 0.695. The highest BCUT2D eigenvalue weighted by atomic mass is 32.2. The Morgan fingerprint density at radius 2 is 2.00 bits per heavy atom. The van der Waals surface area contributed by atoms with Crippen molar-refractivity contribution in [3.05, 3.63) is 23.5 Å². The van der Waals surface area contributed by atoms with Crippen molar-refractivity contribution in [3.8, 4) is 0 Å². The summed E-state index contributed by atoms with van der Waals surface area (Å²) in [6.45, 7) is -1.45. The fourth-order valence-corrected chi connectivity index (χ4v) is 2.44. The van der Waals surface area contributed by atoms with Gasteiger partial charge < -0.3 is 10.8 Å². The van der Waals surface area contributed by atoms with Gasteiger partial charge in [0.25, 0.3) is 5.92 Å². The van der Waals surface area contributed by atoms with Crippen LogP contribution < -0.4 is 10.5 Å². The Bertz CT molecular complexity index is 552. The van der Waals surface area contributed by atoms with Gasteiger partial charge in [0.2, 0.25) is 10.0 Å². The molecule has 0 radical (unpaired) electrons. The topological polar surface area (TPSA) is 92.4 Å². The van der Waals surface area contributed by atoms with E-state index < -0.39 is 45.5 Å². The van der Waals surface area contributed by atoms with Gasteiger partial charge in [0.15, 0.2) is 0 Å². The van der Waals surface area contributed by atoms with E-state index in [0.29, 0.717) is 0 Å². The molecular formula is C10H13F3N2O3S. The van der Waals surface area contributed by atoms with E-state index in [-0.39, 0.29) is 5.56 Å². The number of sulfonamides is 1. The van der Waals surface area contributed by atoms with Crippen molar-refractivity contribution in [3.63, 3.8) is 0 Å². The van der Waals surface area contributed by atoms with Crippen molar-refractivity contribution < 1.29 is 26.7 Å². The van der Waals surface area contributed by atoms with Crippen LogP contribution in [0.3, 0.4) is 0 Å². The SMILES string of the molecule is Cc1cc(S(=O)(=O)NCC(F)(F)CO)cc(N)c1F. The number of aryl methyl sites for hydroxylation is 1. The van der Waals surface area contributed by atoms with Gasteiger partial charge in [-0.05, 0) is 24.6 Å². The van der Waals surface area contributed by atoms with Gasteiger partial charge in [0.1, 0.15) is 12.4 Å². The molecule has 4 N–H and O–H groups in total. The number of anilines is 1. The molecule has 0 saturated carbocycles. The standard InChI is InChI=1S/C10H13F3N2O3S/c1-6-2-7(3-8(14)9(6)11)19(17,18)15-4-10(12,13)5-16/h2-3,15-16H,4-5,14H2,1H3. The van der Waals surface area contributed by atoms with Gasteiger partial charge in [-0.3, -0.25) is 0 Å². The molecule has 0 aliphatic rings. The number of benzene rings is 1. The molecule has 9 heteroatoms. The van der Waals surface area contributed by atoms with Crippen LogP contribution in [0.2, 0.25) is 0 Å². The number of hydrogen-bond donors (Lipinski definition) is 3. The normalized spacial score (nSPS) is 12.7. The maximum Gasteiger partial charge on any atom is 0.283 e. The highest BCUT2D eigenvalue weighted by Gasteiger charge is 2.30. The lowest BCUT2D eigenvalue weighted by atomic mass is 10.2. The first-order valence-corrected chi connectivity index (χ1v) is 6.61. The van der Waals surface area contributed by atoms with Crippen molar-refractivity contribution in [1.29, 1.82) is 0 Å². The summed E-state index contributed by atoms with van der Waals surface area (Å²) in [5, 5.41) is 8.33. The monoisotopic (exact) mass is 298 g/mol. The zero-order valence-electron chi connectivity index (χ0n) is 9.95. The van der Waals surface area contributed by atoms with Gasteiger partial charge in [0.05, 0.1) is 17.1 Å². The fraction of sp³-hybridized carbons (Fsp3) is 0.400. The second-order valence-electron chi connectivity index (χ2n) is 3.98. The van der Waals surface area contributed by atoms with E-state index in [2.05, 4.69) is 0 Å². The molecule has 108 valence electrons. The molecular weight excluding hydrogens is 285 g/mol. The number of nitrogen functional groups attached to an aromatic ring is 1. The number of rotatable bonds is 5. The van der Waals surface area contributed by atoms with Gasteiger partial charge in [-0.25, -0.2) is 26.3 Å². The summed E-state index contributed by atoms with van der Waals surface area (Å²) in [7, 11) is -4.25. The van der Waals surface area contributed by atoms with Gasteiger partial charge in [-0.1, -0.05) is 0 Å². The second-order valence-corrected chi connectivity index (χ2v) is 5.75. The molecule has 0 aliphatic carbocycles. The molecule has 0 spiro atoms. The van der Waals surface area contributed by atoms with Crippen molar-refractivity contribution in [2.75, 3.05) is 18.9 Å². The molecule has 1 aromatic rings. The Hall–Kier alpha value is -1.32. The minimum absolute atomic E-state index is 0.0192. The van der Waals surface area contributed by atoms with E-state index >= 15 is 0 Å². The van der Waals surface area contributed by atoms with E-state index in [0.717, 1.165) is 12.1 Å². The summed E-state index contributed by atoms with van der Waals surface area (Å²) in [6, 6.07) is 1.81. The van der Waals surface area contributed by atoms with Gasteiger partial charge in [-0.2, -0.15) is 0 Å². The van der Waals surface area contributed by atoms with Crippen molar-refractivity contribution in [1.82, 2.24) is 4.72 Å². The fourth-order valence-electron chi connectivity index (χ4n) is 1.26. The lowest BCUT2D eigenvalue weighted by Crippen LogP contribution is -2.39. The molecule has 1 aromatic carbocycles. The molecule has 0 bridgehead atoms. The first-order chi connectivity index (χ1) is 8.59. The van der Waals surface area contributed by atoms with Crippen molar-refractivity contribution in [2.45, 2.75) is 17.7 Å². The molecule has 0 amide bonds. The molecule has 0 fully saturated rings. The zero-order valence-corrected chi connectivity index (χ0v) is 10.8. The molecule has 1 rings (SSSR count). The summed E-state index contributed by atoms with van der Waals surface area (Å²) in [6.07, 6.45) is 0. The van der Waals surface area contributed by atoms with Gasteiger partial charge in [0, 0.05) is 0 Å². The third-order valence-electron chi connectivity index (χ3n) is 2.32. The van der Waals surface area contributed by atoms with Crippen LogP contribution in [0.1, 0.15) is 5.56 Å². The zero-order chi connectivity index (χ0) is 14.8. The van der Waals surface area contributed by atoms with E-state index in [9.17, 15) is 21.6 Å². The van der Waals surface area contributed by atoms with Gasteiger partial charge >= 0.3 is 0 Å². The largest absolute Gasteiger partial charge is 0.396 e. The number of hydrogen-bond acceptors (Lipinski definition) is 4. The Morgan fingerprint density at radius 3 is 2.47 bits per heavy atom. The lowest BCUT2D eigenvalue weighted by Gasteiger charge is -2.14. The average molecular weight is 298 g/mol. The van der Waals surface area contributed by atoms with Crippen LogP contribution in [0, 0.1) is 12.7 Å². The molecule has 5 nitrogen and oxygen atoms in total. The van der Waals surface area contributed by atoms with E-state index in [1.54, 1.807) is 4.72 Å². The highest BCUT2D eigenvalue weighted by Crippen LogP contribution is 2.21.